The summed E-state index contributed by atoms with van der Waals surface area (Å²) in [7, 11) is 0. The fourth-order valence-corrected chi connectivity index (χ4v) is 2.43. The summed E-state index contributed by atoms with van der Waals surface area (Å²) in [5, 5.41) is 8.33. The molecule has 0 fully saturated rings. The van der Waals surface area contributed by atoms with Gasteiger partial charge < -0.3 is 10.6 Å². The topological polar surface area (TPSA) is 70.2 Å². The van der Waals surface area contributed by atoms with E-state index in [4.69, 9.17) is 0 Å². The minimum atomic E-state index is -0.440. The SMILES string of the molecule is CCc1ccc([C@H](NCC(=O)NC(=O)N[C@H](C)CC)C(C)C)cc1. The molecule has 0 spiro atoms. The van der Waals surface area contributed by atoms with Crippen LogP contribution in [0.2, 0.25) is 0 Å². The molecular formula is C19H31N3O2. The van der Waals surface area contributed by atoms with Gasteiger partial charge in [-0.25, -0.2) is 4.79 Å². The lowest BCUT2D eigenvalue weighted by atomic mass is 9.95. The van der Waals surface area contributed by atoms with Crippen molar-refractivity contribution in [1.29, 1.82) is 0 Å². The number of hydrogen-bond acceptors (Lipinski definition) is 3. The minimum Gasteiger partial charge on any atom is -0.335 e. The third-order valence-corrected chi connectivity index (χ3v) is 4.14. The Kier molecular flexibility index (Phi) is 8.47. The second kappa shape index (κ2) is 10.1. The third-order valence-electron chi connectivity index (χ3n) is 4.14. The molecule has 5 heteroatoms. The average Bonchev–Trinajstić information content (AvgIpc) is 2.54. The van der Waals surface area contributed by atoms with Crippen LogP contribution in [0.5, 0.6) is 0 Å². The molecule has 0 saturated carbocycles. The van der Waals surface area contributed by atoms with Crippen LogP contribution in [0.15, 0.2) is 24.3 Å². The summed E-state index contributed by atoms with van der Waals surface area (Å²) in [5.41, 5.74) is 2.44. The van der Waals surface area contributed by atoms with Gasteiger partial charge in [0.1, 0.15) is 0 Å². The van der Waals surface area contributed by atoms with E-state index in [1.54, 1.807) is 0 Å². The highest BCUT2D eigenvalue weighted by atomic mass is 16.2. The number of urea groups is 1. The Balaban J connectivity index is 2.56. The lowest BCUT2D eigenvalue weighted by Crippen LogP contribution is -2.46. The molecule has 1 aromatic rings. The number of benzene rings is 1. The molecule has 0 aliphatic heterocycles. The molecular weight excluding hydrogens is 302 g/mol. The molecule has 0 radical (unpaired) electrons. The molecule has 3 amide bonds. The summed E-state index contributed by atoms with van der Waals surface area (Å²) < 4.78 is 0. The first-order valence-electron chi connectivity index (χ1n) is 8.79. The van der Waals surface area contributed by atoms with E-state index in [9.17, 15) is 9.59 Å². The second-order valence-electron chi connectivity index (χ2n) is 6.53. The van der Waals surface area contributed by atoms with E-state index in [1.807, 2.05) is 13.8 Å². The number of imide groups is 1. The maximum Gasteiger partial charge on any atom is 0.321 e. The van der Waals surface area contributed by atoms with Gasteiger partial charge in [0.05, 0.1) is 6.54 Å². The van der Waals surface area contributed by atoms with Crippen molar-refractivity contribution in [3.8, 4) is 0 Å². The molecule has 0 unspecified atom stereocenters. The number of carbonyl (C=O) groups is 2. The van der Waals surface area contributed by atoms with Crippen LogP contribution in [0, 0.1) is 5.92 Å². The van der Waals surface area contributed by atoms with Crippen LogP contribution < -0.4 is 16.0 Å². The van der Waals surface area contributed by atoms with Crippen molar-refractivity contribution in [2.45, 2.75) is 59.5 Å². The molecule has 3 N–H and O–H groups in total. The summed E-state index contributed by atoms with van der Waals surface area (Å²) in [5.74, 6) is 0.00541. The van der Waals surface area contributed by atoms with Crippen LogP contribution in [-0.4, -0.2) is 24.5 Å². The molecule has 134 valence electrons. The highest BCUT2D eigenvalue weighted by molar-refractivity contribution is 5.95. The normalized spacial score (nSPS) is 13.4. The van der Waals surface area contributed by atoms with E-state index in [0.29, 0.717) is 5.92 Å². The zero-order valence-corrected chi connectivity index (χ0v) is 15.5. The Bertz CT molecular complexity index is 526. The van der Waals surface area contributed by atoms with Gasteiger partial charge in [-0.1, -0.05) is 52.0 Å². The zero-order valence-electron chi connectivity index (χ0n) is 15.5. The predicted molar refractivity (Wildman–Crippen MR) is 97.8 cm³/mol. The van der Waals surface area contributed by atoms with Gasteiger partial charge in [-0.3, -0.25) is 10.1 Å². The lowest BCUT2D eigenvalue weighted by molar-refractivity contribution is -0.119. The average molecular weight is 333 g/mol. The van der Waals surface area contributed by atoms with Gasteiger partial charge in [0.2, 0.25) is 5.91 Å². The summed E-state index contributed by atoms with van der Waals surface area (Å²) in [6.45, 7) is 10.3. The van der Waals surface area contributed by atoms with Crippen LogP contribution in [-0.2, 0) is 11.2 Å². The first-order chi connectivity index (χ1) is 11.4. The van der Waals surface area contributed by atoms with Crippen LogP contribution in [0.4, 0.5) is 4.79 Å². The Morgan fingerprint density at radius 2 is 1.67 bits per heavy atom. The zero-order chi connectivity index (χ0) is 18.1. The molecule has 1 aromatic carbocycles. The standard InChI is InChI=1S/C19H31N3O2/c1-6-14(5)21-19(24)22-17(23)12-20-18(13(3)4)16-10-8-15(7-2)9-11-16/h8-11,13-14,18,20H,6-7,12H2,1-5H3,(H2,21,22,23,24)/t14-,18-/m1/s1. The van der Waals surface area contributed by atoms with Crippen molar-refractivity contribution in [3.63, 3.8) is 0 Å². The number of amides is 3. The van der Waals surface area contributed by atoms with Crippen LogP contribution in [0.3, 0.4) is 0 Å². The summed E-state index contributed by atoms with van der Waals surface area (Å²) in [6.07, 6.45) is 1.83. The Hall–Kier alpha value is -1.88. The van der Waals surface area contributed by atoms with Crippen molar-refractivity contribution in [3.05, 3.63) is 35.4 Å². The van der Waals surface area contributed by atoms with Crippen molar-refractivity contribution in [2.75, 3.05) is 6.54 Å². The molecule has 0 aliphatic carbocycles. The van der Waals surface area contributed by atoms with Crippen LogP contribution in [0.25, 0.3) is 0 Å². The molecule has 0 aromatic heterocycles. The lowest BCUT2D eigenvalue weighted by Gasteiger charge is -2.23. The fourth-order valence-electron chi connectivity index (χ4n) is 2.43. The van der Waals surface area contributed by atoms with E-state index < -0.39 is 6.03 Å². The highest BCUT2D eigenvalue weighted by Gasteiger charge is 2.17. The minimum absolute atomic E-state index is 0.0475. The van der Waals surface area contributed by atoms with Gasteiger partial charge in [0.25, 0.3) is 0 Å². The number of hydrogen-bond donors (Lipinski definition) is 3. The monoisotopic (exact) mass is 333 g/mol. The summed E-state index contributed by atoms with van der Waals surface area (Å²) >= 11 is 0. The quantitative estimate of drug-likeness (QED) is 0.684. The Morgan fingerprint density at radius 3 is 2.17 bits per heavy atom. The van der Waals surface area contributed by atoms with E-state index in [2.05, 4.69) is 61.0 Å². The molecule has 5 nitrogen and oxygen atoms in total. The van der Waals surface area contributed by atoms with Gasteiger partial charge in [-0.05, 0) is 36.8 Å². The maximum absolute atomic E-state index is 11.9. The van der Waals surface area contributed by atoms with E-state index in [-0.39, 0.29) is 24.5 Å². The molecule has 0 heterocycles. The van der Waals surface area contributed by atoms with Crippen LogP contribution in [0.1, 0.15) is 58.2 Å². The highest BCUT2D eigenvalue weighted by Crippen LogP contribution is 2.21. The molecule has 24 heavy (non-hydrogen) atoms. The maximum atomic E-state index is 11.9. The van der Waals surface area contributed by atoms with Gasteiger partial charge in [0.15, 0.2) is 0 Å². The van der Waals surface area contributed by atoms with Gasteiger partial charge in [-0.2, -0.15) is 0 Å². The number of rotatable bonds is 8. The van der Waals surface area contributed by atoms with E-state index in [0.717, 1.165) is 18.4 Å². The van der Waals surface area contributed by atoms with Gasteiger partial charge >= 0.3 is 6.03 Å². The summed E-state index contributed by atoms with van der Waals surface area (Å²) in [6, 6.07) is 8.11. The smallest absolute Gasteiger partial charge is 0.321 e. The van der Waals surface area contributed by atoms with Crippen LogP contribution >= 0.6 is 0 Å². The molecule has 0 aliphatic rings. The van der Waals surface area contributed by atoms with Crippen molar-refractivity contribution in [2.24, 2.45) is 5.92 Å². The Labute approximate surface area is 145 Å². The van der Waals surface area contributed by atoms with Crippen molar-refractivity contribution < 1.29 is 9.59 Å². The van der Waals surface area contributed by atoms with E-state index >= 15 is 0 Å². The second-order valence-corrected chi connectivity index (χ2v) is 6.53. The third kappa shape index (κ3) is 6.71. The fraction of sp³-hybridized carbons (Fsp3) is 0.579. The number of aryl methyl sites for hydroxylation is 1. The number of carbonyl (C=O) groups excluding carboxylic acids is 2. The predicted octanol–water partition coefficient (Wildman–Crippen LogP) is 3.16. The molecule has 0 bridgehead atoms. The first kappa shape index (κ1) is 20.2. The van der Waals surface area contributed by atoms with Crippen molar-refractivity contribution >= 4 is 11.9 Å². The molecule has 1 rings (SSSR count). The molecule has 0 saturated heterocycles. The molecule has 2 atom stereocenters. The first-order valence-corrected chi connectivity index (χ1v) is 8.79. The van der Waals surface area contributed by atoms with E-state index in [1.165, 1.54) is 5.56 Å². The van der Waals surface area contributed by atoms with Gasteiger partial charge in [0, 0.05) is 12.1 Å². The largest absolute Gasteiger partial charge is 0.335 e. The van der Waals surface area contributed by atoms with Crippen molar-refractivity contribution in [1.82, 2.24) is 16.0 Å². The van der Waals surface area contributed by atoms with Gasteiger partial charge in [-0.15, -0.1) is 0 Å². The Morgan fingerprint density at radius 1 is 1.04 bits per heavy atom. The number of nitrogens with one attached hydrogen (secondary N) is 3. The summed E-state index contributed by atoms with van der Waals surface area (Å²) in [4.78, 5) is 23.6.